The van der Waals surface area contributed by atoms with Crippen LogP contribution in [0.1, 0.15) is 40.5 Å². The molecule has 6 nitrogen and oxygen atoms in total. The van der Waals surface area contributed by atoms with Gasteiger partial charge in [-0.15, -0.1) is 0 Å². The zero-order chi connectivity index (χ0) is 15.3. The standard InChI is InChI=1S/C14H21NO5/c1-9(16)7-12(17)19-11-6-5-10(8-11)15-13(18)20-14(2,3)4/h5-6,10-11H,7-8H2,1-4H3,(H,15,18). The molecular formula is C14H21NO5. The second kappa shape index (κ2) is 6.54. The topological polar surface area (TPSA) is 81.7 Å². The molecule has 1 amide bonds. The monoisotopic (exact) mass is 283 g/mol. The molecule has 0 aromatic rings. The van der Waals surface area contributed by atoms with Crippen LogP contribution in [0.4, 0.5) is 4.79 Å². The van der Waals surface area contributed by atoms with E-state index in [1.165, 1.54) is 6.92 Å². The first-order valence-corrected chi connectivity index (χ1v) is 6.52. The number of nitrogens with one attached hydrogen (secondary N) is 1. The molecule has 0 saturated carbocycles. The quantitative estimate of drug-likeness (QED) is 0.483. The van der Waals surface area contributed by atoms with E-state index in [9.17, 15) is 14.4 Å². The minimum Gasteiger partial charge on any atom is -0.458 e. The molecule has 0 heterocycles. The van der Waals surface area contributed by atoms with E-state index < -0.39 is 23.8 Å². The summed E-state index contributed by atoms with van der Waals surface area (Å²) in [7, 11) is 0. The maximum atomic E-state index is 11.6. The van der Waals surface area contributed by atoms with Crippen molar-refractivity contribution in [2.24, 2.45) is 0 Å². The summed E-state index contributed by atoms with van der Waals surface area (Å²) in [5, 5.41) is 2.67. The molecule has 1 N–H and O–H groups in total. The molecular weight excluding hydrogens is 262 g/mol. The highest BCUT2D eigenvalue weighted by atomic mass is 16.6. The largest absolute Gasteiger partial charge is 0.458 e. The third kappa shape index (κ3) is 6.36. The predicted octanol–water partition coefficient (Wildman–Crippen LogP) is 1.73. The summed E-state index contributed by atoms with van der Waals surface area (Å²) in [6, 6.07) is -0.236. The lowest BCUT2D eigenvalue weighted by atomic mass is 10.2. The second-order valence-electron chi connectivity index (χ2n) is 5.78. The zero-order valence-corrected chi connectivity index (χ0v) is 12.3. The van der Waals surface area contributed by atoms with Crippen molar-refractivity contribution in [1.82, 2.24) is 5.32 Å². The molecule has 0 aromatic heterocycles. The van der Waals surface area contributed by atoms with Gasteiger partial charge in [-0.25, -0.2) is 4.79 Å². The average Bonchev–Trinajstić information content (AvgIpc) is 2.60. The minimum atomic E-state index is -0.556. The van der Waals surface area contributed by atoms with E-state index in [-0.39, 0.29) is 18.2 Å². The van der Waals surface area contributed by atoms with Crippen LogP contribution in [0.15, 0.2) is 12.2 Å². The lowest BCUT2D eigenvalue weighted by Gasteiger charge is -2.21. The number of ether oxygens (including phenoxy) is 2. The molecule has 1 aliphatic carbocycles. The van der Waals surface area contributed by atoms with E-state index in [4.69, 9.17) is 9.47 Å². The molecule has 112 valence electrons. The normalized spacial score (nSPS) is 21.4. The summed E-state index contributed by atoms with van der Waals surface area (Å²) in [6.45, 7) is 6.68. The molecule has 0 radical (unpaired) electrons. The summed E-state index contributed by atoms with van der Waals surface area (Å²) in [4.78, 5) is 33.7. The van der Waals surface area contributed by atoms with Crippen molar-refractivity contribution >= 4 is 17.8 Å². The van der Waals surface area contributed by atoms with Crippen LogP contribution >= 0.6 is 0 Å². The Hall–Kier alpha value is -1.85. The van der Waals surface area contributed by atoms with Gasteiger partial charge in [-0.1, -0.05) is 6.08 Å². The Kier molecular flexibility index (Phi) is 5.30. The Morgan fingerprint density at radius 3 is 2.45 bits per heavy atom. The number of carbonyl (C=O) groups excluding carboxylic acids is 3. The van der Waals surface area contributed by atoms with Crippen molar-refractivity contribution in [3.63, 3.8) is 0 Å². The Labute approximate surface area is 118 Å². The van der Waals surface area contributed by atoms with E-state index >= 15 is 0 Å². The number of carbonyl (C=O) groups is 3. The molecule has 0 spiro atoms. The van der Waals surface area contributed by atoms with Gasteiger partial charge in [0.15, 0.2) is 0 Å². The van der Waals surface area contributed by atoms with Gasteiger partial charge in [0.2, 0.25) is 0 Å². The van der Waals surface area contributed by atoms with Crippen LogP contribution in [-0.4, -0.2) is 35.6 Å². The summed E-state index contributed by atoms with van der Waals surface area (Å²) in [5.74, 6) is -0.787. The smallest absolute Gasteiger partial charge is 0.408 e. The first kappa shape index (κ1) is 16.2. The molecule has 0 aromatic carbocycles. The van der Waals surface area contributed by atoms with Crippen LogP contribution < -0.4 is 5.32 Å². The van der Waals surface area contributed by atoms with Crippen molar-refractivity contribution in [2.45, 2.75) is 58.3 Å². The van der Waals surface area contributed by atoms with Gasteiger partial charge in [-0.05, 0) is 33.8 Å². The summed E-state index contributed by atoms with van der Waals surface area (Å²) < 4.78 is 10.2. The van der Waals surface area contributed by atoms with Crippen molar-refractivity contribution in [3.05, 3.63) is 12.2 Å². The van der Waals surface area contributed by atoms with E-state index in [2.05, 4.69) is 5.32 Å². The molecule has 1 aliphatic rings. The highest BCUT2D eigenvalue weighted by molar-refractivity contribution is 5.94. The number of amides is 1. The third-order valence-electron chi connectivity index (χ3n) is 2.42. The summed E-state index contributed by atoms with van der Waals surface area (Å²) >= 11 is 0. The number of Topliss-reactive ketones (excluding diaryl/α,β-unsaturated/α-hetero) is 1. The molecule has 1 rings (SSSR count). The molecule has 6 heteroatoms. The van der Waals surface area contributed by atoms with E-state index in [0.29, 0.717) is 6.42 Å². The van der Waals surface area contributed by atoms with Gasteiger partial charge in [-0.3, -0.25) is 9.59 Å². The Balaban J connectivity index is 2.34. The van der Waals surface area contributed by atoms with Crippen LogP contribution in [-0.2, 0) is 19.1 Å². The van der Waals surface area contributed by atoms with Crippen LogP contribution in [0.2, 0.25) is 0 Å². The highest BCUT2D eigenvalue weighted by Crippen LogP contribution is 2.16. The van der Waals surface area contributed by atoms with Gasteiger partial charge in [0.1, 0.15) is 23.9 Å². The molecule has 0 bridgehead atoms. The fraction of sp³-hybridized carbons (Fsp3) is 0.643. The van der Waals surface area contributed by atoms with E-state index in [0.717, 1.165) is 0 Å². The first-order valence-electron chi connectivity index (χ1n) is 6.52. The molecule has 20 heavy (non-hydrogen) atoms. The summed E-state index contributed by atoms with van der Waals surface area (Å²) in [6.07, 6.45) is 2.73. The fourth-order valence-electron chi connectivity index (χ4n) is 1.73. The maximum Gasteiger partial charge on any atom is 0.408 e. The van der Waals surface area contributed by atoms with E-state index in [1.807, 2.05) is 0 Å². The lowest BCUT2D eigenvalue weighted by molar-refractivity contribution is -0.148. The number of ketones is 1. The van der Waals surface area contributed by atoms with Crippen LogP contribution in [0, 0.1) is 0 Å². The van der Waals surface area contributed by atoms with Crippen molar-refractivity contribution in [1.29, 1.82) is 0 Å². The van der Waals surface area contributed by atoms with E-state index in [1.54, 1.807) is 32.9 Å². The average molecular weight is 283 g/mol. The number of hydrogen-bond acceptors (Lipinski definition) is 5. The minimum absolute atomic E-state index is 0.228. The molecule has 0 aliphatic heterocycles. The van der Waals surface area contributed by atoms with Crippen molar-refractivity contribution in [3.8, 4) is 0 Å². The number of esters is 1. The van der Waals surface area contributed by atoms with Crippen LogP contribution in [0.5, 0.6) is 0 Å². The number of alkyl carbamates (subject to hydrolysis) is 1. The predicted molar refractivity (Wildman–Crippen MR) is 72.1 cm³/mol. The van der Waals surface area contributed by atoms with Gasteiger partial charge >= 0.3 is 12.1 Å². The number of rotatable bonds is 4. The van der Waals surface area contributed by atoms with Gasteiger partial charge < -0.3 is 14.8 Å². The molecule has 2 unspecified atom stereocenters. The fourth-order valence-corrected chi connectivity index (χ4v) is 1.73. The third-order valence-corrected chi connectivity index (χ3v) is 2.42. The maximum absolute atomic E-state index is 11.6. The molecule has 0 saturated heterocycles. The molecule has 2 atom stereocenters. The zero-order valence-electron chi connectivity index (χ0n) is 12.3. The number of hydrogen-bond donors (Lipinski definition) is 1. The van der Waals surface area contributed by atoms with Gasteiger partial charge in [-0.2, -0.15) is 0 Å². The van der Waals surface area contributed by atoms with Gasteiger partial charge in [0.25, 0.3) is 0 Å². The highest BCUT2D eigenvalue weighted by Gasteiger charge is 2.25. The Morgan fingerprint density at radius 2 is 1.90 bits per heavy atom. The van der Waals surface area contributed by atoms with Gasteiger partial charge in [0, 0.05) is 6.42 Å². The Bertz CT molecular complexity index is 422. The van der Waals surface area contributed by atoms with Crippen molar-refractivity contribution in [2.75, 3.05) is 0 Å². The Morgan fingerprint density at radius 1 is 1.25 bits per heavy atom. The SMILES string of the molecule is CC(=O)CC(=O)OC1C=CC(NC(=O)OC(C)(C)C)C1. The molecule has 0 fully saturated rings. The first-order chi connectivity index (χ1) is 9.15. The summed E-state index contributed by atoms with van der Waals surface area (Å²) in [5.41, 5.74) is -0.556. The van der Waals surface area contributed by atoms with Gasteiger partial charge in [0.05, 0.1) is 6.04 Å². The van der Waals surface area contributed by atoms with Crippen LogP contribution in [0.3, 0.4) is 0 Å². The second-order valence-corrected chi connectivity index (χ2v) is 5.78. The van der Waals surface area contributed by atoms with Crippen molar-refractivity contribution < 1.29 is 23.9 Å². The lowest BCUT2D eigenvalue weighted by Crippen LogP contribution is -2.38. The van der Waals surface area contributed by atoms with Crippen LogP contribution in [0.25, 0.3) is 0 Å².